The summed E-state index contributed by atoms with van der Waals surface area (Å²) in [6, 6.07) is 16.2. The summed E-state index contributed by atoms with van der Waals surface area (Å²) in [6.45, 7) is 0.405. The summed E-state index contributed by atoms with van der Waals surface area (Å²) in [6.07, 6.45) is 0.288. The average Bonchev–Trinajstić information content (AvgIpc) is 2.49. The third-order valence-corrected chi connectivity index (χ3v) is 3.23. The molecule has 1 N–H and O–H groups in total. The van der Waals surface area contributed by atoms with Crippen LogP contribution in [0.3, 0.4) is 0 Å². The molecular weight excluding hydrogens is 288 g/mol. The molecule has 0 unspecified atom stereocenters. The maximum atomic E-state index is 11.4. The van der Waals surface area contributed by atoms with Crippen LogP contribution in [0.2, 0.25) is 5.02 Å². The smallest absolute Gasteiger partial charge is 0.337 e. The molecule has 0 heterocycles. The Bertz CT molecular complexity index is 680. The fourth-order valence-corrected chi connectivity index (χ4v) is 2.25. The maximum absolute atomic E-state index is 11.4. The fourth-order valence-electron chi connectivity index (χ4n) is 2.07. The van der Waals surface area contributed by atoms with E-state index in [1.807, 2.05) is 35.2 Å². The van der Waals surface area contributed by atoms with Crippen molar-refractivity contribution in [2.45, 2.75) is 6.42 Å². The van der Waals surface area contributed by atoms with Gasteiger partial charge < -0.3 is 10.0 Å². The molecule has 2 aromatic rings. The van der Waals surface area contributed by atoms with Gasteiger partial charge in [0.1, 0.15) is 0 Å². The molecule has 0 amide bonds. The minimum atomic E-state index is -1.05. The zero-order valence-electron chi connectivity index (χ0n) is 11.2. The van der Waals surface area contributed by atoms with Gasteiger partial charge in [0, 0.05) is 17.3 Å². The van der Waals surface area contributed by atoms with Crippen LogP contribution in [0.15, 0.2) is 48.5 Å². The van der Waals surface area contributed by atoms with E-state index in [-0.39, 0.29) is 12.0 Å². The molecule has 21 heavy (non-hydrogen) atoms. The van der Waals surface area contributed by atoms with Crippen LogP contribution in [0.4, 0.5) is 11.4 Å². The minimum Gasteiger partial charge on any atom is -0.478 e. The molecule has 106 valence electrons. The summed E-state index contributed by atoms with van der Waals surface area (Å²) in [5.74, 6) is -1.05. The number of aromatic carboxylic acids is 1. The minimum absolute atomic E-state index is 0.115. The summed E-state index contributed by atoms with van der Waals surface area (Å²) in [4.78, 5) is 13.2. The molecule has 0 aliphatic carbocycles. The van der Waals surface area contributed by atoms with Gasteiger partial charge in [0.05, 0.1) is 23.7 Å². The zero-order valence-corrected chi connectivity index (χ0v) is 11.9. The quantitative estimate of drug-likeness (QED) is 0.903. The molecule has 0 spiro atoms. The van der Waals surface area contributed by atoms with E-state index in [4.69, 9.17) is 16.9 Å². The summed E-state index contributed by atoms with van der Waals surface area (Å²) in [5, 5.41) is 18.5. The second-order valence-electron chi connectivity index (χ2n) is 4.36. The molecule has 5 heteroatoms. The van der Waals surface area contributed by atoms with E-state index in [1.165, 1.54) is 6.07 Å². The molecule has 0 saturated heterocycles. The van der Waals surface area contributed by atoms with Gasteiger partial charge in [0.2, 0.25) is 0 Å². The van der Waals surface area contributed by atoms with Crippen molar-refractivity contribution in [2.75, 3.05) is 11.4 Å². The van der Waals surface area contributed by atoms with Crippen LogP contribution in [-0.2, 0) is 0 Å². The first-order valence-corrected chi connectivity index (χ1v) is 6.73. The van der Waals surface area contributed by atoms with Crippen LogP contribution >= 0.6 is 11.6 Å². The van der Waals surface area contributed by atoms with E-state index < -0.39 is 5.97 Å². The van der Waals surface area contributed by atoms with E-state index >= 15 is 0 Å². The van der Waals surface area contributed by atoms with Crippen molar-refractivity contribution in [2.24, 2.45) is 0 Å². The van der Waals surface area contributed by atoms with E-state index in [2.05, 4.69) is 6.07 Å². The number of nitrogens with zero attached hydrogens (tertiary/aromatic N) is 2. The van der Waals surface area contributed by atoms with Gasteiger partial charge in [0.15, 0.2) is 0 Å². The van der Waals surface area contributed by atoms with E-state index in [9.17, 15) is 9.90 Å². The third-order valence-electron chi connectivity index (χ3n) is 2.99. The topological polar surface area (TPSA) is 64.3 Å². The van der Waals surface area contributed by atoms with Crippen molar-refractivity contribution in [1.82, 2.24) is 0 Å². The van der Waals surface area contributed by atoms with Gasteiger partial charge in [-0.2, -0.15) is 5.26 Å². The molecule has 0 radical (unpaired) electrons. The largest absolute Gasteiger partial charge is 0.478 e. The predicted octanol–water partition coefficient (Wildman–Crippen LogP) is 4.09. The Morgan fingerprint density at radius 2 is 1.95 bits per heavy atom. The number of carboxylic acid groups (broad SMARTS) is 1. The van der Waals surface area contributed by atoms with E-state index in [0.29, 0.717) is 17.3 Å². The van der Waals surface area contributed by atoms with Gasteiger partial charge in [-0.05, 0) is 30.3 Å². The first-order valence-electron chi connectivity index (χ1n) is 6.36. The molecule has 0 bridgehead atoms. The van der Waals surface area contributed by atoms with Crippen LogP contribution in [-0.4, -0.2) is 17.6 Å². The number of rotatable bonds is 5. The van der Waals surface area contributed by atoms with E-state index in [0.717, 1.165) is 5.69 Å². The van der Waals surface area contributed by atoms with Crippen molar-refractivity contribution < 1.29 is 9.90 Å². The van der Waals surface area contributed by atoms with Crippen LogP contribution in [0.25, 0.3) is 0 Å². The Balaban J connectivity index is 2.52. The molecule has 0 atom stereocenters. The molecule has 0 saturated carbocycles. The lowest BCUT2D eigenvalue weighted by Gasteiger charge is -2.25. The number of carboxylic acids is 1. The normalized spacial score (nSPS) is 9.90. The highest BCUT2D eigenvalue weighted by atomic mass is 35.5. The number of benzene rings is 2. The highest BCUT2D eigenvalue weighted by molar-refractivity contribution is 6.31. The molecule has 0 fully saturated rings. The Morgan fingerprint density at radius 1 is 1.24 bits per heavy atom. The van der Waals surface area contributed by atoms with Gasteiger partial charge >= 0.3 is 5.97 Å². The lowest BCUT2D eigenvalue weighted by Crippen LogP contribution is -2.20. The molecule has 2 aromatic carbocycles. The standard InChI is InChI=1S/C16H13ClN2O2/c17-12-7-8-15(14(11-12)16(20)21)19(10-4-9-18)13-5-2-1-3-6-13/h1-3,5-8,11H,4,10H2,(H,20,21). The molecule has 4 nitrogen and oxygen atoms in total. The molecule has 0 aliphatic rings. The summed E-state index contributed by atoms with van der Waals surface area (Å²) in [5.41, 5.74) is 1.47. The molecule has 2 rings (SSSR count). The van der Waals surface area contributed by atoms with Crippen LogP contribution in [0.1, 0.15) is 16.8 Å². The summed E-state index contributed by atoms with van der Waals surface area (Å²) >= 11 is 5.88. The van der Waals surface area contributed by atoms with Crippen molar-refractivity contribution in [3.63, 3.8) is 0 Å². The number of carbonyl (C=O) groups is 1. The van der Waals surface area contributed by atoms with Gasteiger partial charge in [-0.3, -0.25) is 0 Å². The Kier molecular flexibility index (Phi) is 4.81. The molecule has 0 aromatic heterocycles. The van der Waals surface area contributed by atoms with Crippen molar-refractivity contribution in [1.29, 1.82) is 5.26 Å². The van der Waals surface area contributed by atoms with Crippen molar-refractivity contribution >= 4 is 28.9 Å². The highest BCUT2D eigenvalue weighted by Gasteiger charge is 2.17. The van der Waals surface area contributed by atoms with E-state index in [1.54, 1.807) is 12.1 Å². The average molecular weight is 301 g/mol. The number of anilines is 2. The number of halogens is 1. The van der Waals surface area contributed by atoms with Crippen LogP contribution in [0.5, 0.6) is 0 Å². The predicted molar refractivity (Wildman–Crippen MR) is 82.1 cm³/mol. The third kappa shape index (κ3) is 3.53. The lowest BCUT2D eigenvalue weighted by molar-refractivity contribution is 0.0697. The monoisotopic (exact) mass is 300 g/mol. The van der Waals surface area contributed by atoms with Crippen molar-refractivity contribution in [3.8, 4) is 6.07 Å². The number of para-hydroxylation sites is 1. The second kappa shape index (κ2) is 6.78. The molecular formula is C16H13ClN2O2. The van der Waals surface area contributed by atoms with Gasteiger partial charge in [-0.1, -0.05) is 29.8 Å². The van der Waals surface area contributed by atoms with Crippen LogP contribution in [0, 0.1) is 11.3 Å². The number of hydrogen-bond acceptors (Lipinski definition) is 3. The Labute approximate surface area is 127 Å². The second-order valence-corrected chi connectivity index (χ2v) is 4.80. The van der Waals surface area contributed by atoms with Crippen LogP contribution < -0.4 is 4.90 Å². The Hall–Kier alpha value is -2.51. The first kappa shape index (κ1) is 14.9. The van der Waals surface area contributed by atoms with Crippen molar-refractivity contribution in [3.05, 3.63) is 59.1 Å². The lowest BCUT2D eigenvalue weighted by atomic mass is 10.1. The highest BCUT2D eigenvalue weighted by Crippen LogP contribution is 2.30. The summed E-state index contributed by atoms with van der Waals surface area (Å²) < 4.78 is 0. The van der Waals surface area contributed by atoms with Gasteiger partial charge in [-0.15, -0.1) is 0 Å². The van der Waals surface area contributed by atoms with Gasteiger partial charge in [-0.25, -0.2) is 4.79 Å². The number of nitriles is 1. The summed E-state index contributed by atoms with van der Waals surface area (Å²) in [7, 11) is 0. The van der Waals surface area contributed by atoms with Gasteiger partial charge in [0.25, 0.3) is 0 Å². The maximum Gasteiger partial charge on any atom is 0.337 e. The fraction of sp³-hybridized carbons (Fsp3) is 0.125. The Morgan fingerprint density at radius 3 is 2.57 bits per heavy atom. The zero-order chi connectivity index (χ0) is 15.2. The first-order chi connectivity index (χ1) is 10.1. The number of hydrogen-bond donors (Lipinski definition) is 1. The SMILES string of the molecule is N#CCCN(c1ccccc1)c1ccc(Cl)cc1C(=O)O. The molecule has 0 aliphatic heterocycles.